The van der Waals surface area contributed by atoms with E-state index in [1.165, 1.54) is 5.56 Å². The Morgan fingerprint density at radius 3 is 2.13 bits per heavy atom. The average Bonchev–Trinajstić information content (AvgIpc) is 3.26. The highest BCUT2D eigenvalue weighted by Gasteiger charge is 2.56. The van der Waals surface area contributed by atoms with Crippen molar-refractivity contribution in [2.24, 2.45) is 17.8 Å². The highest BCUT2D eigenvalue weighted by atomic mass is 16.5. The number of nitriles is 1. The summed E-state index contributed by atoms with van der Waals surface area (Å²) in [5.74, 6) is 3.79. The normalized spacial score (nSPS) is 21.7. The van der Waals surface area contributed by atoms with Gasteiger partial charge in [-0.2, -0.15) is 5.26 Å². The van der Waals surface area contributed by atoms with E-state index < -0.39 is 0 Å². The van der Waals surface area contributed by atoms with Crippen molar-refractivity contribution in [2.45, 2.75) is 13.3 Å². The van der Waals surface area contributed by atoms with Gasteiger partial charge in [0, 0.05) is 31.4 Å². The Bertz CT molecular complexity index is 1040. The topological polar surface area (TPSA) is 62.0 Å². The second-order valence-electron chi connectivity index (χ2n) is 8.17. The first-order chi connectivity index (χ1) is 14.7. The molecule has 1 saturated carbocycles. The van der Waals surface area contributed by atoms with Crippen LogP contribution in [0, 0.1) is 29.1 Å². The standard InChI is InChI=1S/C25H24N4O/c1-2-17-12-27-25(28-13-17)29-14-22-23(15-29)24(22)16-30-21-9-7-20(8-10-21)19-5-3-18(11-26)4-6-19/h3-10,12-13,22-24H,2,14-16H2,1H3. The number of aryl methyl sites for hydroxylation is 1. The molecule has 2 fully saturated rings. The maximum atomic E-state index is 8.92. The SMILES string of the molecule is CCc1cnc(N2CC3C(COc4ccc(-c5ccc(C#N)cc5)cc4)C3C2)nc1. The monoisotopic (exact) mass is 396 g/mol. The van der Waals surface area contributed by atoms with Crippen LogP contribution in [0.3, 0.4) is 0 Å². The van der Waals surface area contributed by atoms with E-state index in [0.29, 0.717) is 23.3 Å². The second-order valence-corrected chi connectivity index (χ2v) is 8.17. The Morgan fingerprint density at radius 1 is 0.967 bits per heavy atom. The molecule has 5 rings (SSSR count). The van der Waals surface area contributed by atoms with Crippen molar-refractivity contribution in [3.05, 3.63) is 72.1 Å². The summed E-state index contributed by atoms with van der Waals surface area (Å²) in [5, 5.41) is 8.92. The summed E-state index contributed by atoms with van der Waals surface area (Å²) in [7, 11) is 0. The molecular formula is C25H24N4O. The third kappa shape index (κ3) is 3.61. The van der Waals surface area contributed by atoms with Gasteiger partial charge in [-0.1, -0.05) is 31.2 Å². The molecule has 1 aliphatic heterocycles. The molecule has 2 aromatic carbocycles. The number of hydrogen-bond acceptors (Lipinski definition) is 5. The lowest BCUT2D eigenvalue weighted by Gasteiger charge is -2.19. The predicted molar refractivity (Wildman–Crippen MR) is 116 cm³/mol. The molecule has 5 nitrogen and oxygen atoms in total. The molecule has 0 radical (unpaired) electrons. The van der Waals surface area contributed by atoms with Crippen LogP contribution in [0.15, 0.2) is 60.9 Å². The van der Waals surface area contributed by atoms with E-state index in [2.05, 4.69) is 40.0 Å². The van der Waals surface area contributed by atoms with Crippen LogP contribution in [-0.4, -0.2) is 29.7 Å². The minimum Gasteiger partial charge on any atom is -0.493 e. The van der Waals surface area contributed by atoms with Crippen LogP contribution in [-0.2, 0) is 6.42 Å². The van der Waals surface area contributed by atoms with Crippen molar-refractivity contribution in [1.82, 2.24) is 9.97 Å². The summed E-state index contributed by atoms with van der Waals surface area (Å²) in [6.45, 7) is 4.95. The number of hydrogen-bond donors (Lipinski definition) is 0. The minimum absolute atomic E-state index is 0.634. The lowest BCUT2D eigenvalue weighted by molar-refractivity contribution is 0.283. The second kappa shape index (κ2) is 7.79. The fourth-order valence-corrected chi connectivity index (χ4v) is 4.43. The molecule has 2 unspecified atom stereocenters. The van der Waals surface area contributed by atoms with Crippen LogP contribution in [0.5, 0.6) is 5.75 Å². The molecule has 2 atom stereocenters. The molecule has 0 spiro atoms. The number of rotatable bonds is 6. The number of benzene rings is 2. The third-order valence-corrected chi connectivity index (χ3v) is 6.40. The molecule has 30 heavy (non-hydrogen) atoms. The Morgan fingerprint density at radius 2 is 1.57 bits per heavy atom. The van der Waals surface area contributed by atoms with Crippen LogP contribution in [0.2, 0.25) is 0 Å². The average molecular weight is 396 g/mol. The van der Waals surface area contributed by atoms with Crippen molar-refractivity contribution in [2.75, 3.05) is 24.6 Å². The predicted octanol–water partition coefficient (Wildman–Crippen LogP) is 4.34. The van der Waals surface area contributed by atoms with Crippen LogP contribution < -0.4 is 9.64 Å². The van der Waals surface area contributed by atoms with E-state index in [1.807, 2.05) is 48.8 Å². The Kier molecular flexibility index (Phi) is 4.84. The zero-order valence-corrected chi connectivity index (χ0v) is 17.0. The molecule has 1 saturated heterocycles. The van der Waals surface area contributed by atoms with Gasteiger partial charge in [-0.05, 0) is 59.2 Å². The molecule has 1 aliphatic carbocycles. The van der Waals surface area contributed by atoms with Gasteiger partial charge in [0.2, 0.25) is 5.95 Å². The largest absolute Gasteiger partial charge is 0.493 e. The van der Waals surface area contributed by atoms with Gasteiger partial charge < -0.3 is 9.64 Å². The zero-order chi connectivity index (χ0) is 20.5. The Hall–Kier alpha value is -3.39. The van der Waals surface area contributed by atoms with Gasteiger partial charge in [-0.25, -0.2) is 9.97 Å². The quantitative estimate of drug-likeness (QED) is 0.620. The summed E-state index contributed by atoms with van der Waals surface area (Å²) in [6.07, 6.45) is 4.85. The van der Waals surface area contributed by atoms with Gasteiger partial charge in [0.1, 0.15) is 5.75 Å². The zero-order valence-electron chi connectivity index (χ0n) is 17.0. The first-order valence-electron chi connectivity index (χ1n) is 10.5. The number of fused-ring (bicyclic) bond motifs is 1. The lowest BCUT2D eigenvalue weighted by atomic mass is 10.0. The van der Waals surface area contributed by atoms with E-state index in [1.54, 1.807) is 0 Å². The minimum atomic E-state index is 0.634. The Balaban J connectivity index is 1.12. The van der Waals surface area contributed by atoms with Crippen molar-refractivity contribution in [3.8, 4) is 22.9 Å². The van der Waals surface area contributed by atoms with Gasteiger partial charge in [0.15, 0.2) is 0 Å². The number of anilines is 1. The molecule has 2 heterocycles. The highest BCUT2D eigenvalue weighted by molar-refractivity contribution is 5.64. The molecule has 3 aromatic rings. The van der Waals surface area contributed by atoms with Gasteiger partial charge in [-0.15, -0.1) is 0 Å². The summed E-state index contributed by atoms with van der Waals surface area (Å²) >= 11 is 0. The van der Waals surface area contributed by atoms with Crippen LogP contribution in [0.25, 0.3) is 11.1 Å². The van der Waals surface area contributed by atoms with Gasteiger partial charge in [-0.3, -0.25) is 0 Å². The molecule has 5 heteroatoms. The Labute approximate surface area is 177 Å². The number of nitrogens with zero attached hydrogens (tertiary/aromatic N) is 4. The number of ether oxygens (including phenoxy) is 1. The molecule has 0 amide bonds. The van der Waals surface area contributed by atoms with Crippen LogP contribution >= 0.6 is 0 Å². The fraction of sp³-hybridized carbons (Fsp3) is 0.320. The van der Waals surface area contributed by atoms with E-state index >= 15 is 0 Å². The summed E-state index contributed by atoms with van der Waals surface area (Å²) < 4.78 is 6.07. The third-order valence-electron chi connectivity index (χ3n) is 6.40. The highest BCUT2D eigenvalue weighted by Crippen LogP contribution is 2.52. The van der Waals surface area contributed by atoms with Gasteiger partial charge >= 0.3 is 0 Å². The number of aromatic nitrogens is 2. The first kappa shape index (κ1) is 18.6. The molecule has 2 aliphatic rings. The van der Waals surface area contributed by atoms with Crippen LogP contribution in [0.1, 0.15) is 18.1 Å². The smallest absolute Gasteiger partial charge is 0.225 e. The van der Waals surface area contributed by atoms with Gasteiger partial charge in [0.05, 0.1) is 18.2 Å². The summed E-state index contributed by atoms with van der Waals surface area (Å²) in [4.78, 5) is 11.3. The number of piperidine rings is 1. The molecule has 1 aromatic heterocycles. The summed E-state index contributed by atoms with van der Waals surface area (Å²) in [6, 6.07) is 18.0. The fourth-order valence-electron chi connectivity index (χ4n) is 4.43. The van der Waals surface area contributed by atoms with Crippen molar-refractivity contribution >= 4 is 5.95 Å². The van der Waals surface area contributed by atoms with Crippen molar-refractivity contribution < 1.29 is 4.74 Å². The molecule has 0 N–H and O–H groups in total. The summed E-state index contributed by atoms with van der Waals surface area (Å²) in [5.41, 5.74) is 4.09. The van der Waals surface area contributed by atoms with E-state index in [4.69, 9.17) is 10.00 Å². The lowest BCUT2D eigenvalue weighted by Crippen LogP contribution is -2.27. The molecule has 0 bridgehead atoms. The maximum absolute atomic E-state index is 8.92. The van der Waals surface area contributed by atoms with E-state index in [-0.39, 0.29) is 0 Å². The van der Waals surface area contributed by atoms with E-state index in [9.17, 15) is 0 Å². The van der Waals surface area contributed by atoms with Crippen molar-refractivity contribution in [3.63, 3.8) is 0 Å². The van der Waals surface area contributed by atoms with E-state index in [0.717, 1.165) is 48.9 Å². The first-order valence-corrected chi connectivity index (χ1v) is 10.5. The maximum Gasteiger partial charge on any atom is 0.225 e. The van der Waals surface area contributed by atoms with Crippen molar-refractivity contribution in [1.29, 1.82) is 5.26 Å². The van der Waals surface area contributed by atoms with Crippen LogP contribution in [0.4, 0.5) is 5.95 Å². The van der Waals surface area contributed by atoms with Gasteiger partial charge in [0.25, 0.3) is 0 Å². The molecular weight excluding hydrogens is 372 g/mol. The molecule has 150 valence electrons.